The second-order valence-electron chi connectivity index (χ2n) is 2.47. The lowest BCUT2D eigenvalue weighted by Crippen LogP contribution is -1.95. The Hall–Kier alpha value is -0.640. The smallest absolute Gasteiger partial charge is 0.0757 e. The number of rotatable bonds is 1. The molecule has 0 aliphatic rings. The molecule has 0 aliphatic heterocycles. The molecule has 0 aliphatic carbocycles. The van der Waals surface area contributed by atoms with Gasteiger partial charge in [-0.1, -0.05) is 11.6 Å². The van der Waals surface area contributed by atoms with E-state index in [-0.39, 0.29) is 0 Å². The monoisotopic (exact) mass is 198 g/mol. The molecular weight excluding hydrogens is 192 g/mol. The summed E-state index contributed by atoms with van der Waals surface area (Å²) in [7, 11) is 0. The van der Waals surface area contributed by atoms with Crippen molar-refractivity contribution >= 4 is 33.2 Å². The van der Waals surface area contributed by atoms with E-state index in [0.717, 1.165) is 20.8 Å². The molecule has 0 saturated carbocycles. The Balaban J connectivity index is 2.75. The summed E-state index contributed by atoms with van der Waals surface area (Å²) in [5.41, 5.74) is 6.44. The van der Waals surface area contributed by atoms with Gasteiger partial charge in [0.05, 0.1) is 10.4 Å². The largest absolute Gasteiger partial charge is 0.325 e. The quantitative estimate of drug-likeness (QED) is 0.765. The molecule has 0 atom stereocenters. The first-order valence-electron chi connectivity index (χ1n) is 3.55. The zero-order valence-corrected chi connectivity index (χ0v) is 7.82. The molecule has 2 N–H and O–H groups in total. The zero-order valence-electron chi connectivity index (χ0n) is 6.25. The Kier molecular flexibility index (Phi) is 2.00. The third-order valence-electron chi connectivity index (χ3n) is 1.70. The van der Waals surface area contributed by atoms with E-state index >= 15 is 0 Å². The van der Waals surface area contributed by atoms with Crippen molar-refractivity contribution in [2.75, 3.05) is 0 Å². The fourth-order valence-electron chi connectivity index (χ4n) is 1.11. The summed E-state index contributed by atoms with van der Waals surface area (Å²) in [6.45, 7) is 0.473. The maximum atomic E-state index is 5.84. The highest BCUT2D eigenvalue weighted by Gasteiger charge is 2.03. The van der Waals surface area contributed by atoms with Crippen LogP contribution in [0, 0.1) is 0 Å². The van der Waals surface area contributed by atoms with E-state index in [4.69, 9.17) is 17.3 Å². The van der Waals surface area contributed by atoms with Crippen molar-refractivity contribution in [3.8, 4) is 0 Å². The number of hydrogen-bond donors (Lipinski definition) is 1. The van der Waals surface area contributed by atoms with Crippen molar-refractivity contribution in [1.82, 2.24) is 4.37 Å². The fraction of sp³-hybridized carbons (Fsp3) is 0.125. The van der Waals surface area contributed by atoms with Crippen LogP contribution in [0.2, 0.25) is 5.02 Å². The molecule has 0 fully saturated rings. The van der Waals surface area contributed by atoms with Gasteiger partial charge in [0.1, 0.15) is 0 Å². The molecule has 0 unspecified atom stereocenters. The molecule has 0 bridgehead atoms. The first-order valence-corrected chi connectivity index (χ1v) is 4.70. The maximum absolute atomic E-state index is 5.84. The molecule has 0 saturated heterocycles. The van der Waals surface area contributed by atoms with E-state index in [1.54, 1.807) is 0 Å². The molecule has 2 nitrogen and oxygen atoms in total. The number of hydrogen-bond acceptors (Lipinski definition) is 3. The topological polar surface area (TPSA) is 38.9 Å². The summed E-state index contributed by atoms with van der Waals surface area (Å²) >= 11 is 7.30. The van der Waals surface area contributed by atoms with Gasteiger partial charge in [0, 0.05) is 17.0 Å². The molecule has 4 heteroatoms. The number of aromatic nitrogens is 1. The molecule has 1 aromatic heterocycles. The van der Waals surface area contributed by atoms with E-state index < -0.39 is 0 Å². The normalized spacial score (nSPS) is 10.8. The summed E-state index contributed by atoms with van der Waals surface area (Å²) in [5.74, 6) is 0. The first kappa shape index (κ1) is 7.98. The van der Waals surface area contributed by atoms with Crippen molar-refractivity contribution in [1.29, 1.82) is 0 Å². The zero-order chi connectivity index (χ0) is 8.55. The van der Waals surface area contributed by atoms with Crippen LogP contribution in [0.3, 0.4) is 0 Å². The van der Waals surface area contributed by atoms with Gasteiger partial charge < -0.3 is 5.73 Å². The highest BCUT2D eigenvalue weighted by Crippen LogP contribution is 2.25. The Morgan fingerprint density at radius 2 is 2.33 bits per heavy atom. The van der Waals surface area contributed by atoms with E-state index in [1.807, 2.05) is 18.2 Å². The highest BCUT2D eigenvalue weighted by atomic mass is 35.5. The lowest BCUT2D eigenvalue weighted by molar-refractivity contribution is 1.04. The molecule has 0 spiro atoms. The Morgan fingerprint density at radius 1 is 1.50 bits per heavy atom. The summed E-state index contributed by atoms with van der Waals surface area (Å²) in [5, 5.41) is 1.81. The number of nitrogens with zero attached hydrogens (tertiary/aromatic N) is 1. The summed E-state index contributed by atoms with van der Waals surface area (Å²) in [6.07, 6.45) is 0. The van der Waals surface area contributed by atoms with E-state index in [9.17, 15) is 0 Å². The van der Waals surface area contributed by atoms with Crippen molar-refractivity contribution in [2.45, 2.75) is 6.54 Å². The van der Waals surface area contributed by atoms with Crippen LogP contribution in [0.1, 0.15) is 5.69 Å². The predicted octanol–water partition coefficient (Wildman–Crippen LogP) is 2.41. The van der Waals surface area contributed by atoms with Crippen LogP contribution in [0.15, 0.2) is 18.2 Å². The third kappa shape index (κ3) is 1.20. The SMILES string of the molecule is NCc1nsc2ccc(Cl)cc12. The minimum absolute atomic E-state index is 0.473. The fourth-order valence-corrected chi connectivity index (χ4v) is 2.07. The number of benzene rings is 1. The van der Waals surface area contributed by atoms with Crippen LogP contribution >= 0.6 is 23.1 Å². The van der Waals surface area contributed by atoms with Crippen LogP contribution in [0.5, 0.6) is 0 Å². The Labute approximate surface area is 79.1 Å². The number of halogens is 1. The number of fused-ring (bicyclic) bond motifs is 1. The van der Waals surface area contributed by atoms with Crippen molar-refractivity contribution < 1.29 is 0 Å². The molecule has 1 aromatic carbocycles. The molecule has 62 valence electrons. The Morgan fingerprint density at radius 3 is 3.08 bits per heavy atom. The standard InChI is InChI=1S/C8H7ClN2S/c9-5-1-2-8-6(3-5)7(4-10)11-12-8/h1-3H,4,10H2. The lowest BCUT2D eigenvalue weighted by atomic mass is 10.2. The first-order chi connectivity index (χ1) is 5.81. The van der Waals surface area contributed by atoms with Gasteiger partial charge in [-0.05, 0) is 29.7 Å². The molecular formula is C8H7ClN2S. The van der Waals surface area contributed by atoms with Gasteiger partial charge >= 0.3 is 0 Å². The average molecular weight is 199 g/mol. The minimum Gasteiger partial charge on any atom is -0.325 e. The summed E-state index contributed by atoms with van der Waals surface area (Å²) in [4.78, 5) is 0. The van der Waals surface area contributed by atoms with Crippen molar-refractivity contribution in [2.24, 2.45) is 5.73 Å². The van der Waals surface area contributed by atoms with E-state index in [0.29, 0.717) is 6.54 Å². The molecule has 2 aromatic rings. The van der Waals surface area contributed by atoms with Gasteiger partial charge in [-0.15, -0.1) is 0 Å². The third-order valence-corrected chi connectivity index (χ3v) is 2.80. The molecule has 12 heavy (non-hydrogen) atoms. The van der Waals surface area contributed by atoms with Gasteiger partial charge in [0.25, 0.3) is 0 Å². The molecule has 0 radical (unpaired) electrons. The van der Waals surface area contributed by atoms with Gasteiger partial charge in [-0.3, -0.25) is 0 Å². The van der Waals surface area contributed by atoms with Crippen LogP contribution in [0.4, 0.5) is 0 Å². The van der Waals surface area contributed by atoms with Gasteiger partial charge in [0.2, 0.25) is 0 Å². The molecule has 2 rings (SSSR count). The van der Waals surface area contributed by atoms with Gasteiger partial charge in [0.15, 0.2) is 0 Å². The van der Waals surface area contributed by atoms with Crippen LogP contribution in [0.25, 0.3) is 10.1 Å². The maximum Gasteiger partial charge on any atom is 0.0757 e. The van der Waals surface area contributed by atoms with Crippen LogP contribution in [-0.2, 0) is 6.54 Å². The predicted molar refractivity (Wildman–Crippen MR) is 52.5 cm³/mol. The lowest BCUT2D eigenvalue weighted by Gasteiger charge is -1.92. The summed E-state index contributed by atoms with van der Waals surface area (Å²) in [6, 6.07) is 5.74. The molecule has 1 heterocycles. The van der Waals surface area contributed by atoms with Crippen molar-refractivity contribution in [3.63, 3.8) is 0 Å². The second kappa shape index (κ2) is 3.01. The van der Waals surface area contributed by atoms with E-state index in [2.05, 4.69) is 4.37 Å². The van der Waals surface area contributed by atoms with Crippen molar-refractivity contribution in [3.05, 3.63) is 28.9 Å². The minimum atomic E-state index is 0.473. The van der Waals surface area contributed by atoms with Crippen LogP contribution < -0.4 is 5.73 Å². The van der Waals surface area contributed by atoms with Gasteiger partial charge in [-0.25, -0.2) is 0 Å². The number of nitrogens with two attached hydrogens (primary N) is 1. The van der Waals surface area contributed by atoms with E-state index in [1.165, 1.54) is 11.5 Å². The Bertz CT molecular complexity index is 410. The average Bonchev–Trinajstić information content (AvgIpc) is 2.46. The summed E-state index contributed by atoms with van der Waals surface area (Å²) < 4.78 is 5.35. The van der Waals surface area contributed by atoms with Crippen LogP contribution in [-0.4, -0.2) is 4.37 Å². The van der Waals surface area contributed by atoms with Gasteiger partial charge in [-0.2, -0.15) is 4.37 Å². The molecule has 0 amide bonds. The second-order valence-corrected chi connectivity index (χ2v) is 3.72. The highest BCUT2D eigenvalue weighted by molar-refractivity contribution is 7.13.